The topological polar surface area (TPSA) is 80.9 Å². The molecule has 2 aromatic rings. The summed E-state index contributed by atoms with van der Waals surface area (Å²) in [5.41, 5.74) is 8.10. The van der Waals surface area contributed by atoms with Gasteiger partial charge in [-0.2, -0.15) is 0 Å². The van der Waals surface area contributed by atoms with Crippen LogP contribution < -0.4 is 11.1 Å². The molecule has 2 aromatic heterocycles. The third kappa shape index (κ3) is 3.20. The highest BCUT2D eigenvalue weighted by atomic mass is 35.5. The standard InChI is InChI=1S/C13H13ClN4O/c1-7-3-8(2)17-12(4-7)18-13(19)9-5-11(14)16-6-10(9)15/h3-6H,15H2,1-2H3,(H,17,18,19). The zero-order valence-electron chi connectivity index (χ0n) is 10.6. The van der Waals surface area contributed by atoms with Crippen LogP contribution in [0.25, 0.3) is 0 Å². The van der Waals surface area contributed by atoms with E-state index in [4.69, 9.17) is 17.3 Å². The first-order chi connectivity index (χ1) is 8.95. The molecule has 5 nitrogen and oxygen atoms in total. The zero-order chi connectivity index (χ0) is 14.0. The number of carbonyl (C=O) groups is 1. The molecule has 3 N–H and O–H groups in total. The molecule has 0 aromatic carbocycles. The van der Waals surface area contributed by atoms with Crippen LogP contribution in [0.4, 0.5) is 11.5 Å². The Morgan fingerprint density at radius 2 is 2.05 bits per heavy atom. The summed E-state index contributed by atoms with van der Waals surface area (Å²) in [4.78, 5) is 20.1. The number of hydrogen-bond donors (Lipinski definition) is 2. The van der Waals surface area contributed by atoms with Crippen LogP contribution in [0.3, 0.4) is 0 Å². The van der Waals surface area contributed by atoms with E-state index >= 15 is 0 Å². The Morgan fingerprint density at radius 3 is 2.74 bits per heavy atom. The number of hydrogen-bond acceptors (Lipinski definition) is 4. The van der Waals surface area contributed by atoms with Crippen molar-refractivity contribution in [3.63, 3.8) is 0 Å². The lowest BCUT2D eigenvalue weighted by atomic mass is 10.2. The van der Waals surface area contributed by atoms with Gasteiger partial charge in [-0.1, -0.05) is 11.6 Å². The number of aromatic nitrogens is 2. The maximum absolute atomic E-state index is 12.1. The molecule has 1 amide bonds. The van der Waals surface area contributed by atoms with Crippen LogP contribution in [0.2, 0.25) is 5.15 Å². The predicted molar refractivity (Wildman–Crippen MR) is 75.3 cm³/mol. The Balaban J connectivity index is 2.28. The van der Waals surface area contributed by atoms with Gasteiger partial charge in [-0.25, -0.2) is 9.97 Å². The molecular weight excluding hydrogens is 264 g/mol. The molecular formula is C13H13ClN4O. The molecule has 0 aliphatic heterocycles. The van der Waals surface area contributed by atoms with E-state index in [-0.39, 0.29) is 22.3 Å². The molecule has 2 heterocycles. The molecule has 0 aliphatic rings. The number of nitrogens with one attached hydrogen (secondary N) is 1. The van der Waals surface area contributed by atoms with Gasteiger partial charge in [0.15, 0.2) is 0 Å². The lowest BCUT2D eigenvalue weighted by Crippen LogP contribution is -2.15. The van der Waals surface area contributed by atoms with E-state index in [1.54, 1.807) is 6.07 Å². The highest BCUT2D eigenvalue weighted by molar-refractivity contribution is 6.30. The Hall–Kier alpha value is -2.14. The molecule has 0 radical (unpaired) electrons. The summed E-state index contributed by atoms with van der Waals surface area (Å²) >= 11 is 5.75. The molecule has 0 saturated carbocycles. The normalized spacial score (nSPS) is 10.3. The summed E-state index contributed by atoms with van der Waals surface area (Å²) in [5, 5.41) is 2.91. The SMILES string of the molecule is Cc1cc(C)nc(NC(=O)c2cc(Cl)ncc2N)c1. The van der Waals surface area contributed by atoms with Crippen molar-refractivity contribution in [2.24, 2.45) is 0 Å². The van der Waals surface area contributed by atoms with Gasteiger partial charge in [0.2, 0.25) is 0 Å². The van der Waals surface area contributed by atoms with Gasteiger partial charge in [-0.15, -0.1) is 0 Å². The molecule has 0 spiro atoms. The number of aryl methyl sites for hydroxylation is 2. The van der Waals surface area contributed by atoms with Crippen LogP contribution >= 0.6 is 11.6 Å². The first kappa shape index (κ1) is 13.3. The van der Waals surface area contributed by atoms with Gasteiger partial charge >= 0.3 is 0 Å². The van der Waals surface area contributed by atoms with E-state index in [9.17, 15) is 4.79 Å². The van der Waals surface area contributed by atoms with E-state index in [1.807, 2.05) is 19.9 Å². The molecule has 19 heavy (non-hydrogen) atoms. The minimum Gasteiger partial charge on any atom is -0.397 e. The molecule has 0 saturated heterocycles. The van der Waals surface area contributed by atoms with E-state index in [2.05, 4.69) is 15.3 Å². The zero-order valence-corrected chi connectivity index (χ0v) is 11.3. The lowest BCUT2D eigenvalue weighted by Gasteiger charge is -2.08. The van der Waals surface area contributed by atoms with Gasteiger partial charge in [-0.05, 0) is 37.6 Å². The number of halogens is 1. The summed E-state index contributed by atoms with van der Waals surface area (Å²) < 4.78 is 0. The van der Waals surface area contributed by atoms with Crippen molar-refractivity contribution in [2.75, 3.05) is 11.1 Å². The smallest absolute Gasteiger partial charge is 0.259 e. The van der Waals surface area contributed by atoms with Gasteiger partial charge in [0.25, 0.3) is 5.91 Å². The molecule has 0 fully saturated rings. The number of nitrogens with zero attached hydrogens (tertiary/aromatic N) is 2. The third-order valence-corrected chi connectivity index (χ3v) is 2.69. The Bertz CT molecular complexity index is 622. The Morgan fingerprint density at radius 1 is 1.32 bits per heavy atom. The predicted octanol–water partition coefficient (Wildman–Crippen LogP) is 2.58. The van der Waals surface area contributed by atoms with Crippen LogP contribution in [0.15, 0.2) is 24.4 Å². The second-order valence-electron chi connectivity index (χ2n) is 4.22. The fraction of sp³-hybridized carbons (Fsp3) is 0.154. The van der Waals surface area contributed by atoms with E-state index in [1.165, 1.54) is 12.3 Å². The van der Waals surface area contributed by atoms with E-state index in [0.717, 1.165) is 11.3 Å². The number of carbonyl (C=O) groups excluding carboxylic acids is 1. The average Bonchev–Trinajstić information content (AvgIpc) is 2.30. The van der Waals surface area contributed by atoms with Crippen LogP contribution in [0.5, 0.6) is 0 Å². The quantitative estimate of drug-likeness (QED) is 0.826. The maximum Gasteiger partial charge on any atom is 0.259 e. The monoisotopic (exact) mass is 276 g/mol. The number of nitrogens with two attached hydrogens (primary N) is 1. The van der Waals surface area contributed by atoms with E-state index < -0.39 is 0 Å². The molecule has 0 aliphatic carbocycles. The maximum atomic E-state index is 12.1. The first-order valence-electron chi connectivity index (χ1n) is 5.63. The molecule has 6 heteroatoms. The van der Waals surface area contributed by atoms with Gasteiger partial charge < -0.3 is 11.1 Å². The fourth-order valence-corrected chi connectivity index (χ4v) is 1.88. The molecule has 0 bridgehead atoms. The van der Waals surface area contributed by atoms with Crippen molar-refractivity contribution in [3.05, 3.63) is 46.4 Å². The summed E-state index contributed by atoms with van der Waals surface area (Å²) in [5.74, 6) is 0.120. The average molecular weight is 277 g/mol. The number of nitrogen functional groups attached to an aromatic ring is 1. The highest BCUT2D eigenvalue weighted by Crippen LogP contribution is 2.17. The first-order valence-corrected chi connectivity index (χ1v) is 6.01. The summed E-state index contributed by atoms with van der Waals surface area (Å²) in [6, 6.07) is 5.13. The van der Waals surface area contributed by atoms with Crippen LogP contribution in [0.1, 0.15) is 21.6 Å². The summed E-state index contributed by atoms with van der Waals surface area (Å²) in [6.07, 6.45) is 1.35. The van der Waals surface area contributed by atoms with Crippen molar-refractivity contribution in [1.29, 1.82) is 0 Å². The van der Waals surface area contributed by atoms with Crippen molar-refractivity contribution < 1.29 is 4.79 Å². The second-order valence-corrected chi connectivity index (χ2v) is 4.61. The molecule has 98 valence electrons. The molecule has 2 rings (SSSR count). The van der Waals surface area contributed by atoms with Crippen molar-refractivity contribution in [1.82, 2.24) is 9.97 Å². The Kier molecular flexibility index (Phi) is 3.66. The van der Waals surface area contributed by atoms with Crippen LogP contribution in [0, 0.1) is 13.8 Å². The number of amides is 1. The van der Waals surface area contributed by atoms with Gasteiger partial charge in [0.05, 0.1) is 17.4 Å². The fourth-order valence-electron chi connectivity index (χ4n) is 1.73. The van der Waals surface area contributed by atoms with Crippen molar-refractivity contribution in [2.45, 2.75) is 13.8 Å². The van der Waals surface area contributed by atoms with Crippen LogP contribution in [-0.2, 0) is 0 Å². The number of rotatable bonds is 2. The van der Waals surface area contributed by atoms with Gasteiger partial charge in [0.1, 0.15) is 11.0 Å². The van der Waals surface area contributed by atoms with E-state index in [0.29, 0.717) is 5.82 Å². The largest absolute Gasteiger partial charge is 0.397 e. The highest BCUT2D eigenvalue weighted by Gasteiger charge is 2.12. The third-order valence-electron chi connectivity index (χ3n) is 2.49. The van der Waals surface area contributed by atoms with Gasteiger partial charge in [-0.3, -0.25) is 4.79 Å². The Labute approximate surface area is 115 Å². The minimum atomic E-state index is -0.362. The van der Waals surface area contributed by atoms with Crippen molar-refractivity contribution >= 4 is 29.0 Å². The van der Waals surface area contributed by atoms with Crippen molar-refractivity contribution in [3.8, 4) is 0 Å². The number of anilines is 2. The molecule has 0 atom stereocenters. The minimum absolute atomic E-state index is 0.215. The van der Waals surface area contributed by atoms with Crippen LogP contribution in [-0.4, -0.2) is 15.9 Å². The lowest BCUT2D eigenvalue weighted by molar-refractivity contribution is 0.102. The summed E-state index contributed by atoms with van der Waals surface area (Å²) in [6.45, 7) is 3.79. The second kappa shape index (κ2) is 5.24. The number of pyridine rings is 2. The summed E-state index contributed by atoms with van der Waals surface area (Å²) in [7, 11) is 0. The van der Waals surface area contributed by atoms with Gasteiger partial charge in [0, 0.05) is 5.69 Å². The molecule has 0 unspecified atom stereocenters.